The second kappa shape index (κ2) is 3.91. The normalized spacial score (nSPS) is 30.8. The minimum Gasteiger partial charge on any atom is -0.504 e. The average Bonchev–Trinajstić information content (AvgIpc) is 2.78. The Morgan fingerprint density at radius 3 is 2.94 bits per heavy atom. The molecule has 0 bridgehead atoms. The van der Waals surface area contributed by atoms with Crippen LogP contribution in [0.5, 0.6) is 11.5 Å². The fourth-order valence-electron chi connectivity index (χ4n) is 3.28. The van der Waals surface area contributed by atoms with Crippen LogP contribution in [0.4, 0.5) is 0 Å². The van der Waals surface area contributed by atoms with Crippen molar-refractivity contribution in [2.75, 3.05) is 20.3 Å². The van der Waals surface area contributed by atoms with E-state index in [0.717, 1.165) is 19.6 Å². The second-order valence-electron chi connectivity index (χ2n) is 5.18. The van der Waals surface area contributed by atoms with Crippen LogP contribution in [0.1, 0.15) is 24.0 Å². The van der Waals surface area contributed by atoms with Crippen LogP contribution < -0.4 is 4.74 Å². The summed E-state index contributed by atoms with van der Waals surface area (Å²) in [5.41, 5.74) is 2.56. The summed E-state index contributed by atoms with van der Waals surface area (Å²) >= 11 is 0. The first-order valence-electron chi connectivity index (χ1n) is 6.18. The third-order valence-corrected chi connectivity index (χ3v) is 4.30. The van der Waals surface area contributed by atoms with Gasteiger partial charge in [0.25, 0.3) is 0 Å². The number of phenols is 1. The first-order valence-corrected chi connectivity index (χ1v) is 6.18. The third-order valence-electron chi connectivity index (χ3n) is 4.30. The molecule has 1 aliphatic carbocycles. The van der Waals surface area contributed by atoms with E-state index >= 15 is 0 Å². The van der Waals surface area contributed by atoms with Gasteiger partial charge in [-0.15, -0.1) is 0 Å². The molecule has 1 N–H and O–H groups in total. The molecule has 17 heavy (non-hydrogen) atoms. The van der Waals surface area contributed by atoms with Crippen molar-refractivity contribution in [3.8, 4) is 11.5 Å². The lowest BCUT2D eigenvalue weighted by atomic mass is 9.71. The molecular weight excluding hydrogens is 216 g/mol. The van der Waals surface area contributed by atoms with Gasteiger partial charge in [0, 0.05) is 0 Å². The van der Waals surface area contributed by atoms with Gasteiger partial charge in [-0.2, -0.15) is 0 Å². The lowest BCUT2D eigenvalue weighted by Crippen LogP contribution is -2.27. The zero-order valence-corrected chi connectivity index (χ0v) is 10.3. The Bertz CT molecular complexity index is 441. The molecule has 3 atom stereocenters. The fraction of sp³-hybridized carbons (Fsp3) is 0.571. The molecule has 0 unspecified atom stereocenters. The predicted octanol–water partition coefficient (Wildman–Crippen LogP) is 2.32. The Morgan fingerprint density at radius 1 is 1.35 bits per heavy atom. The van der Waals surface area contributed by atoms with E-state index in [4.69, 9.17) is 9.47 Å². The van der Waals surface area contributed by atoms with E-state index in [0.29, 0.717) is 23.5 Å². The highest BCUT2D eigenvalue weighted by Crippen LogP contribution is 2.45. The first kappa shape index (κ1) is 10.9. The first-order chi connectivity index (χ1) is 8.20. The van der Waals surface area contributed by atoms with Crippen LogP contribution in [0, 0.1) is 11.8 Å². The van der Waals surface area contributed by atoms with E-state index in [1.54, 1.807) is 7.11 Å². The highest BCUT2D eigenvalue weighted by Gasteiger charge is 2.38. The van der Waals surface area contributed by atoms with E-state index in [1.165, 1.54) is 11.1 Å². The summed E-state index contributed by atoms with van der Waals surface area (Å²) in [5.74, 6) is 2.52. The number of ether oxygens (including phenoxy) is 2. The van der Waals surface area contributed by atoms with E-state index in [2.05, 4.69) is 6.92 Å². The van der Waals surface area contributed by atoms with Crippen molar-refractivity contribution in [2.24, 2.45) is 11.8 Å². The minimum atomic E-state index is 0.246. The van der Waals surface area contributed by atoms with Gasteiger partial charge >= 0.3 is 0 Å². The SMILES string of the molecule is COc1cc2c(cc1O)[C@H](C)[C@H]1COC[C@@H]1C2. The van der Waals surface area contributed by atoms with Gasteiger partial charge < -0.3 is 14.6 Å². The van der Waals surface area contributed by atoms with Gasteiger partial charge in [0.15, 0.2) is 11.5 Å². The largest absolute Gasteiger partial charge is 0.504 e. The topological polar surface area (TPSA) is 38.7 Å². The third kappa shape index (κ3) is 1.61. The summed E-state index contributed by atoms with van der Waals surface area (Å²) in [5, 5.41) is 9.87. The van der Waals surface area contributed by atoms with Gasteiger partial charge in [-0.25, -0.2) is 0 Å². The molecule has 0 spiro atoms. The van der Waals surface area contributed by atoms with E-state index in [-0.39, 0.29) is 5.75 Å². The molecule has 1 fully saturated rings. The Labute approximate surface area is 101 Å². The smallest absolute Gasteiger partial charge is 0.160 e. The number of hydrogen-bond donors (Lipinski definition) is 1. The van der Waals surface area contributed by atoms with Crippen LogP contribution in [0.25, 0.3) is 0 Å². The molecule has 0 aromatic heterocycles. The Kier molecular flexibility index (Phi) is 2.51. The monoisotopic (exact) mass is 234 g/mol. The molecule has 0 saturated carbocycles. The summed E-state index contributed by atoms with van der Waals surface area (Å²) < 4.78 is 10.8. The molecule has 0 radical (unpaired) electrons. The van der Waals surface area contributed by atoms with E-state index in [9.17, 15) is 5.11 Å². The van der Waals surface area contributed by atoms with Crippen molar-refractivity contribution in [3.63, 3.8) is 0 Å². The Morgan fingerprint density at radius 2 is 2.18 bits per heavy atom. The summed E-state index contributed by atoms with van der Waals surface area (Å²) in [6, 6.07) is 3.85. The van der Waals surface area contributed by atoms with Gasteiger partial charge in [0.05, 0.1) is 20.3 Å². The Balaban J connectivity index is 2.05. The molecule has 92 valence electrons. The van der Waals surface area contributed by atoms with E-state index in [1.807, 2.05) is 12.1 Å². The van der Waals surface area contributed by atoms with Crippen molar-refractivity contribution >= 4 is 0 Å². The van der Waals surface area contributed by atoms with Gasteiger partial charge in [-0.3, -0.25) is 0 Å². The maximum absolute atomic E-state index is 9.87. The number of methoxy groups -OCH3 is 1. The number of phenolic OH excluding ortho intramolecular Hbond substituents is 1. The van der Waals surface area contributed by atoms with Crippen molar-refractivity contribution in [2.45, 2.75) is 19.3 Å². The van der Waals surface area contributed by atoms with Gasteiger partial charge in [-0.1, -0.05) is 6.92 Å². The standard InChI is InChI=1S/C14H18O3/c1-8-11-5-13(15)14(16-2)4-9(11)3-10-6-17-7-12(8)10/h4-5,8,10,12,15H,3,6-7H2,1-2H3/t8-,10-,12+/m0/s1. The zero-order chi connectivity index (χ0) is 12.0. The molecule has 3 rings (SSSR count). The molecule has 0 amide bonds. The van der Waals surface area contributed by atoms with Gasteiger partial charge in [0.2, 0.25) is 0 Å². The molecule has 3 nitrogen and oxygen atoms in total. The molecule has 3 heteroatoms. The summed E-state index contributed by atoms with van der Waals surface area (Å²) in [6.07, 6.45) is 1.04. The quantitative estimate of drug-likeness (QED) is 0.810. The fourth-order valence-corrected chi connectivity index (χ4v) is 3.28. The van der Waals surface area contributed by atoms with Gasteiger partial charge in [-0.05, 0) is 47.4 Å². The number of hydrogen-bond acceptors (Lipinski definition) is 3. The summed E-state index contributed by atoms with van der Waals surface area (Å²) in [7, 11) is 1.59. The molecule has 1 aliphatic heterocycles. The summed E-state index contributed by atoms with van der Waals surface area (Å²) in [4.78, 5) is 0. The molecule has 1 aromatic carbocycles. The molecule has 2 aliphatic rings. The van der Waals surface area contributed by atoms with Crippen LogP contribution in [-0.4, -0.2) is 25.4 Å². The minimum absolute atomic E-state index is 0.246. The maximum atomic E-state index is 9.87. The Hall–Kier alpha value is -1.22. The maximum Gasteiger partial charge on any atom is 0.160 e. The van der Waals surface area contributed by atoms with Crippen LogP contribution in [0.2, 0.25) is 0 Å². The highest BCUT2D eigenvalue weighted by molar-refractivity contribution is 5.49. The van der Waals surface area contributed by atoms with Crippen molar-refractivity contribution in [3.05, 3.63) is 23.3 Å². The van der Waals surface area contributed by atoms with Crippen LogP contribution in [0.15, 0.2) is 12.1 Å². The molecule has 1 aromatic rings. The molecule has 1 heterocycles. The van der Waals surface area contributed by atoms with Crippen molar-refractivity contribution in [1.82, 2.24) is 0 Å². The van der Waals surface area contributed by atoms with Crippen LogP contribution in [-0.2, 0) is 11.2 Å². The van der Waals surface area contributed by atoms with E-state index < -0.39 is 0 Å². The lowest BCUT2D eigenvalue weighted by Gasteiger charge is -2.32. The van der Waals surface area contributed by atoms with Crippen molar-refractivity contribution < 1.29 is 14.6 Å². The van der Waals surface area contributed by atoms with Crippen LogP contribution in [0.3, 0.4) is 0 Å². The number of benzene rings is 1. The zero-order valence-electron chi connectivity index (χ0n) is 10.3. The second-order valence-corrected chi connectivity index (χ2v) is 5.18. The molecule has 1 saturated heterocycles. The lowest BCUT2D eigenvalue weighted by molar-refractivity contribution is 0.179. The number of aromatic hydroxyl groups is 1. The number of fused-ring (bicyclic) bond motifs is 2. The van der Waals surface area contributed by atoms with Gasteiger partial charge in [0.1, 0.15) is 0 Å². The predicted molar refractivity (Wildman–Crippen MR) is 64.6 cm³/mol. The highest BCUT2D eigenvalue weighted by atomic mass is 16.5. The van der Waals surface area contributed by atoms with Crippen molar-refractivity contribution in [1.29, 1.82) is 0 Å². The van der Waals surface area contributed by atoms with Crippen LogP contribution >= 0.6 is 0 Å². The molecular formula is C14H18O3. The summed E-state index contributed by atoms with van der Waals surface area (Å²) in [6.45, 7) is 3.96. The number of rotatable bonds is 1. The average molecular weight is 234 g/mol.